The van der Waals surface area contributed by atoms with E-state index in [1.165, 1.54) is 6.26 Å². The van der Waals surface area contributed by atoms with E-state index in [0.29, 0.717) is 0 Å². The van der Waals surface area contributed by atoms with Crippen LogP contribution in [0.25, 0.3) is 0 Å². The monoisotopic (exact) mass is 290 g/mol. The fraction of sp³-hybridized carbons (Fsp3) is 0.923. The minimum absolute atomic E-state index is 0.0328. The number of carbonyl (C=O) groups excluding carboxylic acids is 1. The lowest BCUT2D eigenvalue weighted by atomic mass is 10.1. The highest BCUT2D eigenvalue weighted by Crippen LogP contribution is 2.23. The van der Waals surface area contributed by atoms with Gasteiger partial charge in [-0.2, -0.15) is 0 Å². The summed E-state index contributed by atoms with van der Waals surface area (Å²) in [6.07, 6.45) is 3.69. The second-order valence-corrected chi connectivity index (χ2v) is 8.58. The number of hydrogen-bond donors (Lipinski definition) is 1. The molecule has 0 aliphatic carbocycles. The largest absolute Gasteiger partial charge is 0.324 e. The normalized spacial score (nSPS) is 25.1. The summed E-state index contributed by atoms with van der Waals surface area (Å²) in [5, 5.41) is 3.30. The van der Waals surface area contributed by atoms with Gasteiger partial charge in [0.25, 0.3) is 0 Å². The zero-order valence-electron chi connectivity index (χ0n) is 12.6. The standard InChI is InChI=1S/C13H26N2O3S/c1-6-8-10-12(16)15(11(7-2)14-10)9-13(3,4)19(5,17)18/h10-11,14H,6-9H2,1-5H3. The molecular formula is C13H26N2O3S. The minimum Gasteiger partial charge on any atom is -0.324 e. The number of carbonyl (C=O) groups is 1. The molecule has 0 bridgehead atoms. The first-order valence-electron chi connectivity index (χ1n) is 6.90. The van der Waals surface area contributed by atoms with E-state index in [0.717, 1.165) is 19.3 Å². The van der Waals surface area contributed by atoms with Crippen LogP contribution in [-0.2, 0) is 14.6 Å². The summed E-state index contributed by atoms with van der Waals surface area (Å²) in [7, 11) is -3.20. The van der Waals surface area contributed by atoms with Crippen molar-refractivity contribution in [2.45, 2.75) is 63.9 Å². The van der Waals surface area contributed by atoms with E-state index in [2.05, 4.69) is 5.32 Å². The maximum atomic E-state index is 12.3. The Morgan fingerprint density at radius 1 is 1.32 bits per heavy atom. The summed E-state index contributed by atoms with van der Waals surface area (Å²) in [6, 6.07) is -0.162. The van der Waals surface area contributed by atoms with Gasteiger partial charge < -0.3 is 4.90 Å². The molecule has 1 aliphatic rings. The van der Waals surface area contributed by atoms with Crippen LogP contribution in [0.3, 0.4) is 0 Å². The second kappa shape index (κ2) is 5.79. The highest BCUT2D eigenvalue weighted by molar-refractivity contribution is 7.92. The van der Waals surface area contributed by atoms with E-state index in [4.69, 9.17) is 0 Å². The molecule has 112 valence electrons. The molecule has 5 nitrogen and oxygen atoms in total. The van der Waals surface area contributed by atoms with Crippen molar-refractivity contribution in [3.8, 4) is 0 Å². The summed E-state index contributed by atoms with van der Waals surface area (Å²) in [6.45, 7) is 7.64. The minimum atomic E-state index is -3.20. The van der Waals surface area contributed by atoms with Crippen LogP contribution in [-0.4, -0.2) is 49.0 Å². The number of nitrogens with zero attached hydrogens (tertiary/aromatic N) is 1. The molecule has 6 heteroatoms. The molecule has 1 aliphatic heterocycles. The number of hydrogen-bond acceptors (Lipinski definition) is 4. The van der Waals surface area contributed by atoms with Gasteiger partial charge in [0.15, 0.2) is 9.84 Å². The fourth-order valence-corrected chi connectivity index (χ4v) is 2.67. The molecule has 1 heterocycles. The van der Waals surface area contributed by atoms with Crippen molar-refractivity contribution in [3.05, 3.63) is 0 Å². The third-order valence-corrected chi connectivity index (χ3v) is 6.01. The Balaban J connectivity index is 2.90. The van der Waals surface area contributed by atoms with Gasteiger partial charge in [-0.05, 0) is 26.7 Å². The van der Waals surface area contributed by atoms with Gasteiger partial charge in [-0.3, -0.25) is 10.1 Å². The molecule has 19 heavy (non-hydrogen) atoms. The topological polar surface area (TPSA) is 66.5 Å². The molecule has 1 saturated heterocycles. The maximum Gasteiger partial charge on any atom is 0.241 e. The molecule has 0 aromatic heterocycles. The van der Waals surface area contributed by atoms with E-state index < -0.39 is 14.6 Å². The fourth-order valence-electron chi connectivity index (χ4n) is 2.30. The van der Waals surface area contributed by atoms with Crippen molar-refractivity contribution in [1.82, 2.24) is 10.2 Å². The summed E-state index contributed by atoms with van der Waals surface area (Å²) >= 11 is 0. The lowest BCUT2D eigenvalue weighted by molar-refractivity contribution is -0.130. The predicted molar refractivity (Wildman–Crippen MR) is 76.5 cm³/mol. The molecular weight excluding hydrogens is 264 g/mol. The van der Waals surface area contributed by atoms with Crippen LogP contribution in [0.2, 0.25) is 0 Å². The average molecular weight is 290 g/mol. The number of rotatable bonds is 6. The molecule has 0 aromatic carbocycles. The van der Waals surface area contributed by atoms with Crippen molar-refractivity contribution >= 4 is 15.7 Å². The lowest BCUT2D eigenvalue weighted by Gasteiger charge is -2.31. The predicted octanol–water partition coefficient (Wildman–Crippen LogP) is 1.15. The Labute approximate surface area is 116 Å². The van der Waals surface area contributed by atoms with E-state index in [9.17, 15) is 13.2 Å². The van der Waals surface area contributed by atoms with Gasteiger partial charge in [0.1, 0.15) is 0 Å². The lowest BCUT2D eigenvalue weighted by Crippen LogP contribution is -2.48. The Morgan fingerprint density at radius 2 is 1.89 bits per heavy atom. The van der Waals surface area contributed by atoms with Crippen molar-refractivity contribution in [2.24, 2.45) is 0 Å². The summed E-state index contributed by atoms with van der Waals surface area (Å²) in [5.74, 6) is 0.0328. The van der Waals surface area contributed by atoms with Gasteiger partial charge in [-0.1, -0.05) is 20.3 Å². The molecule has 0 spiro atoms. The highest BCUT2D eigenvalue weighted by Gasteiger charge is 2.42. The number of nitrogens with one attached hydrogen (secondary N) is 1. The Hall–Kier alpha value is -0.620. The molecule has 2 unspecified atom stereocenters. The van der Waals surface area contributed by atoms with Gasteiger partial charge in [0, 0.05) is 12.8 Å². The molecule has 0 aromatic rings. The van der Waals surface area contributed by atoms with E-state index >= 15 is 0 Å². The quantitative estimate of drug-likeness (QED) is 0.797. The second-order valence-electron chi connectivity index (χ2n) is 5.93. The first-order chi connectivity index (χ1) is 8.64. The molecule has 0 radical (unpaired) electrons. The third kappa shape index (κ3) is 3.48. The molecule has 0 saturated carbocycles. The summed E-state index contributed by atoms with van der Waals surface area (Å²) in [5.41, 5.74) is 0. The van der Waals surface area contributed by atoms with Crippen molar-refractivity contribution < 1.29 is 13.2 Å². The van der Waals surface area contributed by atoms with Crippen LogP contribution in [0.1, 0.15) is 47.0 Å². The molecule has 1 rings (SSSR count). The van der Waals surface area contributed by atoms with Gasteiger partial charge in [-0.15, -0.1) is 0 Å². The average Bonchev–Trinajstić information content (AvgIpc) is 2.56. The van der Waals surface area contributed by atoms with Crippen LogP contribution >= 0.6 is 0 Å². The molecule has 2 atom stereocenters. The Bertz CT molecular complexity index is 431. The van der Waals surface area contributed by atoms with Crippen LogP contribution < -0.4 is 5.32 Å². The number of sulfone groups is 1. The highest BCUT2D eigenvalue weighted by atomic mass is 32.2. The van der Waals surface area contributed by atoms with Crippen LogP contribution in [0.15, 0.2) is 0 Å². The summed E-state index contributed by atoms with van der Waals surface area (Å²) < 4.78 is 22.7. The van der Waals surface area contributed by atoms with Gasteiger partial charge in [0.05, 0.1) is 17.0 Å². The van der Waals surface area contributed by atoms with Gasteiger partial charge in [0.2, 0.25) is 5.91 Å². The first-order valence-corrected chi connectivity index (χ1v) is 8.79. The van der Waals surface area contributed by atoms with E-state index in [-0.39, 0.29) is 24.7 Å². The van der Waals surface area contributed by atoms with E-state index in [1.807, 2.05) is 13.8 Å². The van der Waals surface area contributed by atoms with Crippen molar-refractivity contribution in [2.75, 3.05) is 12.8 Å². The smallest absolute Gasteiger partial charge is 0.241 e. The zero-order chi connectivity index (χ0) is 14.8. The molecule has 1 N–H and O–H groups in total. The van der Waals surface area contributed by atoms with Crippen LogP contribution in [0, 0.1) is 0 Å². The van der Waals surface area contributed by atoms with Crippen molar-refractivity contribution in [3.63, 3.8) is 0 Å². The zero-order valence-corrected chi connectivity index (χ0v) is 13.4. The van der Waals surface area contributed by atoms with E-state index in [1.54, 1.807) is 18.7 Å². The van der Waals surface area contributed by atoms with Crippen LogP contribution in [0.5, 0.6) is 0 Å². The molecule has 1 amide bonds. The van der Waals surface area contributed by atoms with Crippen LogP contribution in [0.4, 0.5) is 0 Å². The third-order valence-electron chi connectivity index (χ3n) is 3.87. The number of amides is 1. The SMILES string of the molecule is CCCC1NC(CC)N(CC(C)(C)S(C)(=O)=O)C1=O. The van der Waals surface area contributed by atoms with Gasteiger partial charge in [-0.25, -0.2) is 8.42 Å². The maximum absolute atomic E-state index is 12.3. The van der Waals surface area contributed by atoms with Crippen molar-refractivity contribution in [1.29, 1.82) is 0 Å². The van der Waals surface area contributed by atoms with Gasteiger partial charge >= 0.3 is 0 Å². The summed E-state index contributed by atoms with van der Waals surface area (Å²) in [4.78, 5) is 14.0. The Morgan fingerprint density at radius 3 is 2.32 bits per heavy atom. The molecule has 1 fully saturated rings. The Kier molecular flexibility index (Phi) is 5.01. The first kappa shape index (κ1) is 16.4.